The molecule has 0 spiro atoms. The van der Waals surface area contributed by atoms with Crippen molar-refractivity contribution >= 4 is 30.3 Å². The van der Waals surface area contributed by atoms with E-state index in [1.165, 1.54) is 0 Å². The molecule has 1 fully saturated rings. The molecule has 0 aliphatic carbocycles. The van der Waals surface area contributed by atoms with Crippen molar-refractivity contribution in [3.63, 3.8) is 0 Å². The number of piperidine rings is 1. The monoisotopic (exact) mass is 363 g/mol. The number of amides is 2. The molecule has 1 N–H and O–H groups in total. The molecule has 1 aromatic carbocycles. The Bertz CT molecular complexity index is 662. The molecule has 2 unspecified atom stereocenters. The normalized spacial score (nSPS) is 22.2. The van der Waals surface area contributed by atoms with Crippen LogP contribution >= 0.6 is 12.4 Å². The van der Waals surface area contributed by atoms with Crippen LogP contribution in [0.3, 0.4) is 0 Å². The van der Waals surface area contributed by atoms with E-state index >= 15 is 0 Å². The van der Waals surface area contributed by atoms with Gasteiger partial charge < -0.3 is 15.1 Å². The number of likely N-dealkylation sites (N-methyl/N-ethyl adjacent to an activating group) is 1. The van der Waals surface area contributed by atoms with Crippen molar-refractivity contribution in [1.29, 1.82) is 0 Å². The van der Waals surface area contributed by atoms with Gasteiger partial charge in [-0.2, -0.15) is 0 Å². The van der Waals surface area contributed by atoms with Crippen molar-refractivity contribution in [1.82, 2.24) is 15.1 Å². The first-order chi connectivity index (χ1) is 11.6. The third kappa shape index (κ3) is 4.22. The van der Waals surface area contributed by atoms with E-state index in [0.717, 1.165) is 37.1 Å². The number of hydrogen-bond acceptors (Lipinski definition) is 3. The molecule has 2 atom stereocenters. The summed E-state index contributed by atoms with van der Waals surface area (Å²) >= 11 is 0. The summed E-state index contributed by atoms with van der Waals surface area (Å²) in [6.45, 7) is 3.11. The second-order valence-electron chi connectivity index (χ2n) is 6.56. The van der Waals surface area contributed by atoms with Crippen molar-refractivity contribution < 1.29 is 9.59 Å². The quantitative estimate of drug-likeness (QED) is 0.898. The molecule has 0 aromatic heterocycles. The zero-order valence-electron chi connectivity index (χ0n) is 14.8. The van der Waals surface area contributed by atoms with Gasteiger partial charge in [-0.1, -0.05) is 24.3 Å². The lowest BCUT2D eigenvalue weighted by Gasteiger charge is -2.36. The Morgan fingerprint density at radius 1 is 1.28 bits per heavy atom. The van der Waals surface area contributed by atoms with Crippen LogP contribution in [0.2, 0.25) is 0 Å². The molecule has 2 amide bonds. The van der Waals surface area contributed by atoms with Crippen LogP contribution in [-0.2, 0) is 9.59 Å². The Kier molecular flexibility index (Phi) is 6.62. The predicted octanol–water partition coefficient (Wildman–Crippen LogP) is 2.58. The second kappa shape index (κ2) is 8.50. The van der Waals surface area contributed by atoms with Gasteiger partial charge in [-0.3, -0.25) is 9.59 Å². The van der Waals surface area contributed by atoms with Crippen molar-refractivity contribution in [2.75, 3.05) is 20.1 Å². The van der Waals surface area contributed by atoms with Crippen molar-refractivity contribution in [2.45, 2.75) is 38.3 Å². The van der Waals surface area contributed by atoms with Crippen LogP contribution < -0.4 is 5.32 Å². The van der Waals surface area contributed by atoms with E-state index in [1.54, 1.807) is 18.0 Å². The van der Waals surface area contributed by atoms with Crippen LogP contribution in [0.25, 0.3) is 6.08 Å². The van der Waals surface area contributed by atoms with Gasteiger partial charge >= 0.3 is 0 Å². The Morgan fingerprint density at radius 3 is 2.76 bits per heavy atom. The number of halogens is 1. The first kappa shape index (κ1) is 19.5. The van der Waals surface area contributed by atoms with E-state index in [1.807, 2.05) is 42.3 Å². The number of benzene rings is 1. The summed E-state index contributed by atoms with van der Waals surface area (Å²) in [6, 6.07) is 8.13. The lowest BCUT2D eigenvalue weighted by molar-refractivity contribution is -0.135. The van der Waals surface area contributed by atoms with E-state index in [-0.39, 0.29) is 30.3 Å². The first-order valence-electron chi connectivity index (χ1n) is 8.61. The zero-order valence-corrected chi connectivity index (χ0v) is 15.6. The van der Waals surface area contributed by atoms with Crippen molar-refractivity contribution in [3.05, 3.63) is 41.6 Å². The van der Waals surface area contributed by atoms with Crippen LogP contribution in [0.15, 0.2) is 30.5 Å². The van der Waals surface area contributed by atoms with Gasteiger partial charge in [0.15, 0.2) is 0 Å². The van der Waals surface area contributed by atoms with Crippen LogP contribution in [0.1, 0.15) is 43.4 Å². The number of carbonyl (C=O) groups is 2. The average Bonchev–Trinajstić information content (AvgIpc) is 2.61. The molecule has 3 rings (SSSR count). The summed E-state index contributed by atoms with van der Waals surface area (Å²) in [5.41, 5.74) is 2.13. The largest absolute Gasteiger partial charge is 0.341 e. The van der Waals surface area contributed by atoms with E-state index < -0.39 is 0 Å². The summed E-state index contributed by atoms with van der Waals surface area (Å²) in [4.78, 5) is 28.5. The van der Waals surface area contributed by atoms with Crippen molar-refractivity contribution in [3.8, 4) is 0 Å². The minimum absolute atomic E-state index is 0. The lowest BCUT2D eigenvalue weighted by Crippen LogP contribution is -2.48. The number of hydrogen-bond donors (Lipinski definition) is 1. The minimum Gasteiger partial charge on any atom is -0.341 e. The summed E-state index contributed by atoms with van der Waals surface area (Å²) in [5.74, 6) is 0.0848. The number of fused-ring (bicyclic) bond motifs is 1. The molecular formula is C19H26ClN3O2. The molecule has 0 radical (unpaired) electrons. The number of nitrogens with zero attached hydrogens (tertiary/aromatic N) is 2. The van der Waals surface area contributed by atoms with Crippen molar-refractivity contribution in [2.24, 2.45) is 0 Å². The highest BCUT2D eigenvalue weighted by molar-refractivity contribution is 5.85. The number of nitrogens with one attached hydrogen (secondary N) is 1. The molecule has 5 nitrogen and oxygen atoms in total. The molecule has 2 aliphatic rings. The van der Waals surface area contributed by atoms with E-state index in [9.17, 15) is 9.59 Å². The Hall–Kier alpha value is -1.85. The smallest absolute Gasteiger partial charge is 0.225 e. The van der Waals surface area contributed by atoms with Gasteiger partial charge in [-0.25, -0.2) is 0 Å². The molecular weight excluding hydrogens is 338 g/mol. The third-order valence-electron chi connectivity index (χ3n) is 5.02. The maximum absolute atomic E-state index is 12.8. The highest BCUT2D eigenvalue weighted by Crippen LogP contribution is 2.33. The second-order valence-corrected chi connectivity index (χ2v) is 6.56. The molecule has 6 heteroatoms. The first-order valence-corrected chi connectivity index (χ1v) is 8.61. The molecule has 2 aliphatic heterocycles. The fourth-order valence-electron chi connectivity index (χ4n) is 3.65. The standard InChI is InChI=1S/C19H25N3O2.ClH/c1-14(23)22-11-9-15-6-3-4-8-17(15)18(22)12-19(24)21-10-5-7-16(13-21)20-2;/h3-4,6,8-9,11,16,18,20H,5,7,10,12-13H2,1-2H3;1H. The molecule has 1 aromatic rings. The van der Waals surface area contributed by atoms with Gasteiger partial charge in [0.25, 0.3) is 0 Å². The fraction of sp³-hybridized carbons (Fsp3) is 0.474. The molecule has 0 bridgehead atoms. The van der Waals surface area contributed by atoms with Crippen LogP contribution in [-0.4, -0.2) is 47.8 Å². The summed E-state index contributed by atoms with van der Waals surface area (Å²) < 4.78 is 0. The highest BCUT2D eigenvalue weighted by atomic mass is 35.5. The van der Waals surface area contributed by atoms with Gasteiger partial charge in [0.05, 0.1) is 12.5 Å². The van der Waals surface area contributed by atoms with Crippen LogP contribution in [0.4, 0.5) is 0 Å². The molecule has 2 heterocycles. The Labute approximate surface area is 155 Å². The summed E-state index contributed by atoms with van der Waals surface area (Å²) in [7, 11) is 1.94. The maximum atomic E-state index is 12.8. The van der Waals surface area contributed by atoms with Gasteiger partial charge in [0.1, 0.15) is 0 Å². The van der Waals surface area contributed by atoms with E-state index in [0.29, 0.717) is 12.5 Å². The molecule has 25 heavy (non-hydrogen) atoms. The number of carbonyl (C=O) groups excluding carboxylic acids is 2. The van der Waals surface area contributed by atoms with Gasteiger partial charge in [0, 0.05) is 32.3 Å². The Morgan fingerprint density at radius 2 is 2.04 bits per heavy atom. The summed E-state index contributed by atoms with van der Waals surface area (Å²) in [6.07, 6.45) is 6.20. The summed E-state index contributed by atoms with van der Waals surface area (Å²) in [5, 5.41) is 3.27. The number of likely N-dealkylation sites (tertiary alicyclic amines) is 1. The minimum atomic E-state index is -0.217. The molecule has 136 valence electrons. The zero-order chi connectivity index (χ0) is 17.1. The Balaban J connectivity index is 0.00000225. The topological polar surface area (TPSA) is 52.7 Å². The third-order valence-corrected chi connectivity index (χ3v) is 5.02. The lowest BCUT2D eigenvalue weighted by atomic mass is 9.93. The van der Waals surface area contributed by atoms with E-state index in [2.05, 4.69) is 5.32 Å². The highest BCUT2D eigenvalue weighted by Gasteiger charge is 2.31. The van der Waals surface area contributed by atoms with E-state index in [4.69, 9.17) is 0 Å². The van der Waals surface area contributed by atoms with Gasteiger partial charge in [-0.05, 0) is 37.1 Å². The maximum Gasteiger partial charge on any atom is 0.225 e. The molecule has 0 saturated carbocycles. The molecule has 1 saturated heterocycles. The predicted molar refractivity (Wildman–Crippen MR) is 101 cm³/mol. The average molecular weight is 364 g/mol. The van der Waals surface area contributed by atoms with Gasteiger partial charge in [-0.15, -0.1) is 12.4 Å². The number of rotatable bonds is 3. The van der Waals surface area contributed by atoms with Gasteiger partial charge in [0.2, 0.25) is 11.8 Å². The van der Waals surface area contributed by atoms with Crippen LogP contribution in [0, 0.1) is 0 Å². The SMILES string of the molecule is CNC1CCCN(C(=O)CC2c3ccccc3C=CN2C(C)=O)C1.Cl. The fourth-order valence-corrected chi connectivity index (χ4v) is 3.65. The van der Waals surface area contributed by atoms with Crippen LogP contribution in [0.5, 0.6) is 0 Å².